The van der Waals surface area contributed by atoms with E-state index >= 15 is 0 Å². The van der Waals surface area contributed by atoms with Gasteiger partial charge in [-0.05, 0) is 57.0 Å². The van der Waals surface area contributed by atoms with Crippen LogP contribution in [-0.4, -0.2) is 18.7 Å². The van der Waals surface area contributed by atoms with Gasteiger partial charge in [0.15, 0.2) is 0 Å². The van der Waals surface area contributed by atoms with E-state index < -0.39 is 0 Å². The second-order valence-electron chi connectivity index (χ2n) is 4.99. The first-order chi connectivity index (χ1) is 8.50. The molecule has 0 saturated heterocycles. The first-order valence-electron chi connectivity index (χ1n) is 6.66. The average molecular weight is 270 g/mol. The Morgan fingerprint density at radius 1 is 1.33 bits per heavy atom. The van der Waals surface area contributed by atoms with Gasteiger partial charge in [0, 0.05) is 11.6 Å². The summed E-state index contributed by atoms with van der Waals surface area (Å²) in [6.07, 6.45) is 2.10. The molecule has 3 heteroatoms. The van der Waals surface area contributed by atoms with E-state index in [1.54, 1.807) is 0 Å². The molecule has 1 N–H and O–H groups in total. The molecule has 1 aromatic carbocycles. The van der Waals surface area contributed by atoms with Crippen molar-refractivity contribution in [3.8, 4) is 5.75 Å². The normalized spacial score (nSPS) is 14.3. The summed E-state index contributed by atoms with van der Waals surface area (Å²) in [5.74, 6) is 0.888. The van der Waals surface area contributed by atoms with Crippen molar-refractivity contribution in [3.63, 3.8) is 0 Å². The fourth-order valence-electron chi connectivity index (χ4n) is 1.73. The van der Waals surface area contributed by atoms with Crippen molar-refractivity contribution in [2.24, 2.45) is 0 Å². The molecule has 1 rings (SSSR count). The van der Waals surface area contributed by atoms with Gasteiger partial charge in [0.05, 0.1) is 0 Å². The molecular weight excluding hydrogens is 246 g/mol. The highest BCUT2D eigenvalue weighted by atomic mass is 35.5. The number of halogens is 1. The minimum Gasteiger partial charge on any atom is -0.486 e. The fourth-order valence-corrected chi connectivity index (χ4v) is 1.85. The Balaban J connectivity index is 2.68. The van der Waals surface area contributed by atoms with E-state index in [4.69, 9.17) is 16.3 Å². The Kier molecular flexibility index (Phi) is 5.97. The highest BCUT2D eigenvalue weighted by Crippen LogP contribution is 2.25. The Labute approximate surface area is 116 Å². The molecule has 0 saturated carbocycles. The molecule has 0 bridgehead atoms. The van der Waals surface area contributed by atoms with Gasteiger partial charge in [-0.15, -0.1) is 0 Å². The van der Waals surface area contributed by atoms with Crippen LogP contribution in [0.3, 0.4) is 0 Å². The van der Waals surface area contributed by atoms with Crippen LogP contribution in [0.1, 0.15) is 39.2 Å². The van der Waals surface area contributed by atoms with Gasteiger partial charge in [-0.1, -0.05) is 25.4 Å². The molecule has 0 aliphatic heterocycles. The Morgan fingerprint density at radius 2 is 2.06 bits per heavy atom. The van der Waals surface area contributed by atoms with Crippen molar-refractivity contribution < 1.29 is 4.74 Å². The average Bonchev–Trinajstić information content (AvgIpc) is 2.34. The summed E-state index contributed by atoms with van der Waals surface area (Å²) in [5.41, 5.74) is 0.879. The van der Waals surface area contributed by atoms with Gasteiger partial charge in [0.1, 0.15) is 11.4 Å². The van der Waals surface area contributed by atoms with Crippen molar-refractivity contribution >= 4 is 11.6 Å². The van der Waals surface area contributed by atoms with Crippen LogP contribution in [0, 0.1) is 6.92 Å². The lowest BCUT2D eigenvalue weighted by Crippen LogP contribution is -2.42. The largest absolute Gasteiger partial charge is 0.486 e. The molecule has 0 radical (unpaired) electrons. The van der Waals surface area contributed by atoms with E-state index in [1.165, 1.54) is 0 Å². The second kappa shape index (κ2) is 7.01. The molecular formula is C15H24ClNO. The van der Waals surface area contributed by atoms with Gasteiger partial charge in [-0.2, -0.15) is 0 Å². The van der Waals surface area contributed by atoms with Crippen LogP contribution < -0.4 is 10.1 Å². The van der Waals surface area contributed by atoms with E-state index in [0.717, 1.165) is 42.3 Å². The van der Waals surface area contributed by atoms with Crippen LogP contribution in [0.2, 0.25) is 5.02 Å². The lowest BCUT2D eigenvalue weighted by Gasteiger charge is -2.30. The molecule has 102 valence electrons. The SMILES string of the molecule is CCCNCC(C)(CC)Oc1ccc(Cl)c(C)c1. The maximum atomic E-state index is 6.11. The summed E-state index contributed by atoms with van der Waals surface area (Å²) >= 11 is 6.02. The minimum atomic E-state index is -0.171. The van der Waals surface area contributed by atoms with Crippen LogP contribution >= 0.6 is 11.6 Å². The predicted octanol–water partition coefficient (Wildman–Crippen LogP) is 4.20. The predicted molar refractivity (Wildman–Crippen MR) is 78.7 cm³/mol. The van der Waals surface area contributed by atoms with Crippen LogP contribution in [0.25, 0.3) is 0 Å². The third-order valence-corrected chi connectivity index (χ3v) is 3.59. The zero-order chi connectivity index (χ0) is 13.6. The van der Waals surface area contributed by atoms with Crippen molar-refractivity contribution in [1.82, 2.24) is 5.32 Å². The summed E-state index contributed by atoms with van der Waals surface area (Å²) < 4.78 is 6.11. The van der Waals surface area contributed by atoms with Gasteiger partial charge >= 0.3 is 0 Å². The highest BCUT2D eigenvalue weighted by Gasteiger charge is 2.23. The van der Waals surface area contributed by atoms with Gasteiger partial charge in [-0.25, -0.2) is 0 Å². The quantitative estimate of drug-likeness (QED) is 0.749. The topological polar surface area (TPSA) is 21.3 Å². The van der Waals surface area contributed by atoms with E-state index in [1.807, 2.05) is 25.1 Å². The van der Waals surface area contributed by atoms with Crippen molar-refractivity contribution in [3.05, 3.63) is 28.8 Å². The van der Waals surface area contributed by atoms with E-state index in [2.05, 4.69) is 26.1 Å². The van der Waals surface area contributed by atoms with E-state index in [-0.39, 0.29) is 5.60 Å². The van der Waals surface area contributed by atoms with Gasteiger partial charge in [0.25, 0.3) is 0 Å². The fraction of sp³-hybridized carbons (Fsp3) is 0.600. The molecule has 0 heterocycles. The first kappa shape index (κ1) is 15.3. The maximum absolute atomic E-state index is 6.11. The molecule has 2 nitrogen and oxygen atoms in total. The zero-order valence-corrected chi connectivity index (χ0v) is 12.6. The molecule has 0 aliphatic carbocycles. The van der Waals surface area contributed by atoms with E-state index in [0.29, 0.717) is 0 Å². The summed E-state index contributed by atoms with van der Waals surface area (Å²) in [5, 5.41) is 4.20. The number of benzene rings is 1. The van der Waals surface area contributed by atoms with Crippen molar-refractivity contribution in [2.45, 2.75) is 46.1 Å². The van der Waals surface area contributed by atoms with Gasteiger partial charge in [-0.3, -0.25) is 0 Å². The third kappa shape index (κ3) is 4.51. The lowest BCUT2D eigenvalue weighted by atomic mass is 10.0. The molecule has 0 aliphatic rings. The first-order valence-corrected chi connectivity index (χ1v) is 7.04. The summed E-state index contributed by atoms with van der Waals surface area (Å²) in [6.45, 7) is 10.3. The standard InChI is InChI=1S/C15H24ClNO/c1-5-9-17-11-15(4,6-2)18-13-7-8-14(16)12(3)10-13/h7-8,10,17H,5-6,9,11H2,1-4H3. The lowest BCUT2D eigenvalue weighted by molar-refractivity contribution is 0.0837. The van der Waals surface area contributed by atoms with Crippen LogP contribution in [-0.2, 0) is 0 Å². The van der Waals surface area contributed by atoms with Gasteiger partial charge < -0.3 is 10.1 Å². The molecule has 0 spiro atoms. The number of aryl methyl sites for hydroxylation is 1. The van der Waals surface area contributed by atoms with Crippen molar-refractivity contribution in [2.75, 3.05) is 13.1 Å². The van der Waals surface area contributed by atoms with Crippen molar-refractivity contribution in [1.29, 1.82) is 0 Å². The zero-order valence-electron chi connectivity index (χ0n) is 11.8. The number of hydrogen-bond donors (Lipinski definition) is 1. The number of ether oxygens (including phenoxy) is 1. The number of hydrogen-bond acceptors (Lipinski definition) is 2. The maximum Gasteiger partial charge on any atom is 0.120 e. The third-order valence-electron chi connectivity index (χ3n) is 3.17. The molecule has 1 aromatic rings. The molecule has 0 fully saturated rings. The Bertz CT molecular complexity index is 381. The Hall–Kier alpha value is -0.730. The van der Waals surface area contributed by atoms with Crippen LogP contribution in [0.5, 0.6) is 5.75 Å². The second-order valence-corrected chi connectivity index (χ2v) is 5.40. The number of rotatable bonds is 7. The molecule has 0 aromatic heterocycles. The van der Waals surface area contributed by atoms with E-state index in [9.17, 15) is 0 Å². The Morgan fingerprint density at radius 3 is 2.61 bits per heavy atom. The monoisotopic (exact) mass is 269 g/mol. The summed E-state index contributed by atoms with van der Waals surface area (Å²) in [6, 6.07) is 5.82. The molecule has 18 heavy (non-hydrogen) atoms. The smallest absolute Gasteiger partial charge is 0.120 e. The summed E-state index contributed by atoms with van der Waals surface area (Å²) in [4.78, 5) is 0. The molecule has 0 amide bonds. The summed E-state index contributed by atoms with van der Waals surface area (Å²) in [7, 11) is 0. The minimum absolute atomic E-state index is 0.171. The number of nitrogens with one attached hydrogen (secondary N) is 1. The molecule has 1 unspecified atom stereocenters. The van der Waals surface area contributed by atoms with Crippen LogP contribution in [0.15, 0.2) is 18.2 Å². The van der Waals surface area contributed by atoms with Gasteiger partial charge in [0.2, 0.25) is 0 Å². The van der Waals surface area contributed by atoms with Crippen LogP contribution in [0.4, 0.5) is 0 Å². The highest BCUT2D eigenvalue weighted by molar-refractivity contribution is 6.31. The molecule has 1 atom stereocenters.